The number of sulfonamides is 1. The molecule has 0 aliphatic carbocycles. The lowest BCUT2D eigenvalue weighted by Crippen LogP contribution is -2.28. The van der Waals surface area contributed by atoms with E-state index >= 15 is 0 Å². The van der Waals surface area contributed by atoms with Crippen LogP contribution in [-0.4, -0.2) is 35.6 Å². The Labute approximate surface area is 172 Å². The van der Waals surface area contributed by atoms with Crippen LogP contribution in [0.5, 0.6) is 0 Å². The van der Waals surface area contributed by atoms with Gasteiger partial charge in [-0.05, 0) is 57.8 Å². The average molecular weight is 530 g/mol. The maximum atomic E-state index is 11.6. The Hall–Kier alpha value is -0.980. The number of anilines is 3. The molecule has 1 aromatic carbocycles. The van der Waals surface area contributed by atoms with Crippen LogP contribution in [-0.2, 0) is 10.0 Å². The predicted molar refractivity (Wildman–Crippen MR) is 108 cm³/mol. The summed E-state index contributed by atoms with van der Waals surface area (Å²) in [5.41, 5.74) is 0.464. The minimum atomic E-state index is -3.97. The summed E-state index contributed by atoms with van der Waals surface area (Å²) < 4.78 is 24.0. The van der Waals surface area contributed by atoms with E-state index in [2.05, 4.69) is 52.5 Å². The molecular weight excluding hydrogens is 514 g/mol. The molecule has 0 saturated carbocycles. The number of benzene rings is 1. The minimum Gasteiger partial charge on any atom is -0.391 e. The van der Waals surface area contributed by atoms with Gasteiger partial charge in [0.05, 0.1) is 21.6 Å². The number of nitrogens with two attached hydrogens (primary N) is 1. The van der Waals surface area contributed by atoms with Gasteiger partial charge in [-0.1, -0.05) is 11.6 Å². The number of hydrogen-bond donors (Lipinski definition) is 4. The number of hydrogen-bond acceptors (Lipinski definition) is 7. The standard InChI is InChI=1S/C14H16Br2ClN5O3S/c1-6(7(2)23)20-13-10(16)5-19-14(22-13)21-8-3-9(15)12(11(17)4-8)26(18,24)25/h3-7,23H,1-2H3,(H2,18,24,25)(H2,19,20,21,22)/t6-,7-/m1/s1. The molecule has 0 amide bonds. The molecule has 12 heteroatoms. The Morgan fingerprint density at radius 3 is 2.46 bits per heavy atom. The van der Waals surface area contributed by atoms with Gasteiger partial charge in [0.1, 0.15) is 10.7 Å². The van der Waals surface area contributed by atoms with E-state index in [9.17, 15) is 13.5 Å². The van der Waals surface area contributed by atoms with E-state index < -0.39 is 16.1 Å². The second-order valence-corrected chi connectivity index (χ2v) is 9.12. The van der Waals surface area contributed by atoms with Crippen LogP contribution < -0.4 is 15.8 Å². The fourth-order valence-corrected chi connectivity index (χ4v) is 4.66. The maximum absolute atomic E-state index is 11.6. The molecule has 0 aliphatic rings. The van der Waals surface area contributed by atoms with Gasteiger partial charge < -0.3 is 15.7 Å². The molecule has 2 atom stereocenters. The van der Waals surface area contributed by atoms with Gasteiger partial charge in [0.2, 0.25) is 16.0 Å². The van der Waals surface area contributed by atoms with Crippen molar-refractivity contribution in [2.24, 2.45) is 5.14 Å². The van der Waals surface area contributed by atoms with Crippen molar-refractivity contribution in [1.29, 1.82) is 0 Å². The highest BCUT2D eigenvalue weighted by molar-refractivity contribution is 9.10. The van der Waals surface area contributed by atoms with E-state index in [1.165, 1.54) is 12.1 Å². The maximum Gasteiger partial charge on any atom is 0.240 e. The summed E-state index contributed by atoms with van der Waals surface area (Å²) in [4.78, 5) is 8.27. The molecule has 0 bridgehead atoms. The summed E-state index contributed by atoms with van der Waals surface area (Å²) in [6.07, 6.45) is 0.968. The topological polar surface area (TPSA) is 130 Å². The number of nitrogens with zero attached hydrogens (tertiary/aromatic N) is 2. The van der Waals surface area contributed by atoms with Crippen molar-refractivity contribution in [2.75, 3.05) is 10.6 Å². The van der Waals surface area contributed by atoms with Crippen molar-refractivity contribution in [3.05, 3.63) is 32.3 Å². The first-order valence-electron chi connectivity index (χ1n) is 7.25. The summed E-state index contributed by atoms with van der Waals surface area (Å²) in [5.74, 6) is 0.738. The van der Waals surface area contributed by atoms with Crippen LogP contribution in [0.4, 0.5) is 17.5 Å². The van der Waals surface area contributed by atoms with Crippen molar-refractivity contribution in [1.82, 2.24) is 9.97 Å². The lowest BCUT2D eigenvalue weighted by molar-refractivity contribution is 0.177. The first kappa shape index (κ1) is 21.3. The zero-order valence-electron chi connectivity index (χ0n) is 13.7. The Kier molecular flexibility index (Phi) is 6.86. The zero-order valence-corrected chi connectivity index (χ0v) is 18.4. The van der Waals surface area contributed by atoms with Crippen LogP contribution in [0.25, 0.3) is 0 Å². The van der Waals surface area contributed by atoms with Gasteiger partial charge in [-0.3, -0.25) is 0 Å². The monoisotopic (exact) mass is 527 g/mol. The molecule has 0 unspecified atom stereocenters. The molecule has 142 valence electrons. The van der Waals surface area contributed by atoms with Gasteiger partial charge in [0.25, 0.3) is 0 Å². The van der Waals surface area contributed by atoms with Crippen molar-refractivity contribution >= 4 is 70.9 Å². The smallest absolute Gasteiger partial charge is 0.240 e. The molecule has 8 nitrogen and oxygen atoms in total. The largest absolute Gasteiger partial charge is 0.391 e. The molecule has 1 aromatic heterocycles. The van der Waals surface area contributed by atoms with E-state index in [1.807, 2.05) is 6.92 Å². The molecule has 0 aliphatic heterocycles. The van der Waals surface area contributed by atoms with E-state index in [0.29, 0.717) is 16.0 Å². The van der Waals surface area contributed by atoms with Crippen LogP contribution in [0.15, 0.2) is 32.2 Å². The Morgan fingerprint density at radius 2 is 1.92 bits per heavy atom. The number of halogens is 3. The molecule has 26 heavy (non-hydrogen) atoms. The van der Waals surface area contributed by atoms with E-state index in [1.54, 1.807) is 13.1 Å². The lowest BCUT2D eigenvalue weighted by Gasteiger charge is -2.18. The molecule has 0 spiro atoms. The normalized spacial score (nSPS) is 14.0. The summed E-state index contributed by atoms with van der Waals surface area (Å²) in [6.45, 7) is 3.48. The molecule has 2 rings (SSSR count). The number of aliphatic hydroxyl groups is 1. The lowest BCUT2D eigenvalue weighted by atomic mass is 10.2. The number of aromatic nitrogens is 2. The van der Waals surface area contributed by atoms with E-state index in [0.717, 1.165) is 0 Å². The van der Waals surface area contributed by atoms with E-state index in [-0.39, 0.29) is 26.4 Å². The highest BCUT2D eigenvalue weighted by Crippen LogP contribution is 2.33. The molecule has 5 N–H and O–H groups in total. The van der Waals surface area contributed by atoms with E-state index in [4.69, 9.17) is 16.7 Å². The first-order valence-corrected chi connectivity index (χ1v) is 10.8. The Morgan fingerprint density at radius 1 is 1.27 bits per heavy atom. The van der Waals surface area contributed by atoms with Crippen LogP contribution in [0.2, 0.25) is 5.02 Å². The minimum absolute atomic E-state index is 0.0393. The second kappa shape index (κ2) is 8.36. The van der Waals surface area contributed by atoms with Crippen molar-refractivity contribution in [3.8, 4) is 0 Å². The van der Waals surface area contributed by atoms with Gasteiger partial charge in [-0.15, -0.1) is 0 Å². The quantitative estimate of drug-likeness (QED) is 0.452. The predicted octanol–water partition coefficient (Wildman–Crippen LogP) is 3.23. The van der Waals surface area contributed by atoms with Gasteiger partial charge in [-0.2, -0.15) is 4.98 Å². The van der Waals surface area contributed by atoms with Crippen molar-refractivity contribution in [2.45, 2.75) is 30.9 Å². The fourth-order valence-electron chi connectivity index (χ4n) is 1.90. The van der Waals surface area contributed by atoms with Gasteiger partial charge >= 0.3 is 0 Å². The highest BCUT2D eigenvalue weighted by atomic mass is 79.9. The Bertz CT molecular complexity index is 904. The van der Waals surface area contributed by atoms with Gasteiger partial charge in [0, 0.05) is 16.4 Å². The zero-order chi connectivity index (χ0) is 19.6. The third-order valence-electron chi connectivity index (χ3n) is 3.37. The number of nitrogens with one attached hydrogen (secondary N) is 2. The van der Waals surface area contributed by atoms with Crippen LogP contribution in [0.3, 0.4) is 0 Å². The number of aliphatic hydroxyl groups excluding tert-OH is 1. The first-order chi connectivity index (χ1) is 12.0. The summed E-state index contributed by atoms with van der Waals surface area (Å²) in [5, 5.41) is 20.7. The number of primary sulfonamides is 1. The number of rotatable bonds is 6. The van der Waals surface area contributed by atoms with Crippen LogP contribution in [0.1, 0.15) is 13.8 Å². The average Bonchev–Trinajstić information content (AvgIpc) is 2.48. The van der Waals surface area contributed by atoms with Crippen LogP contribution >= 0.6 is 43.5 Å². The molecule has 1 heterocycles. The fraction of sp³-hybridized carbons (Fsp3) is 0.286. The molecule has 0 saturated heterocycles. The summed E-state index contributed by atoms with van der Waals surface area (Å²) >= 11 is 12.5. The molecular formula is C14H16Br2ClN5O3S. The third kappa shape index (κ3) is 5.27. The molecule has 0 fully saturated rings. The third-order valence-corrected chi connectivity index (χ3v) is 6.26. The van der Waals surface area contributed by atoms with Gasteiger partial charge in [0.15, 0.2) is 0 Å². The Balaban J connectivity index is 2.32. The summed E-state index contributed by atoms with van der Waals surface area (Å²) in [7, 11) is -3.97. The van der Waals surface area contributed by atoms with Crippen molar-refractivity contribution < 1.29 is 13.5 Å². The SMILES string of the molecule is C[C@@H](O)[C@@H](C)Nc1nc(Nc2cc(Cl)c(S(N)(=O)=O)c(Br)c2)ncc1Br. The molecule has 0 radical (unpaired) electrons. The second-order valence-electron chi connectivity index (χ2n) is 5.50. The van der Waals surface area contributed by atoms with Crippen molar-refractivity contribution in [3.63, 3.8) is 0 Å². The van der Waals surface area contributed by atoms with Gasteiger partial charge in [-0.25, -0.2) is 18.5 Å². The molecule has 2 aromatic rings. The highest BCUT2D eigenvalue weighted by Gasteiger charge is 2.19. The summed E-state index contributed by atoms with van der Waals surface area (Å²) in [6, 6.07) is 2.68. The van der Waals surface area contributed by atoms with Crippen LogP contribution in [0, 0.1) is 0 Å².